The Morgan fingerprint density at radius 3 is 2.44 bits per heavy atom. The smallest absolute Gasteiger partial charge is 0.243 e. The third-order valence-electron chi connectivity index (χ3n) is 6.48. The van der Waals surface area contributed by atoms with Crippen LogP contribution >= 0.6 is 0 Å². The van der Waals surface area contributed by atoms with Crippen LogP contribution in [-0.4, -0.2) is 28.7 Å². The van der Waals surface area contributed by atoms with Crippen LogP contribution in [-0.2, 0) is 20.9 Å². The standard InChI is InChI=1S/C19H20N2O4/c1-9(17(22)20-8-10-3-2-6-25-10)21-18(23)15-11-4-5-12(14-7-13(11)14)16(15)19(21)24/h2-6,9,11-16H,7-8H2,1H3,(H,20,22)/t9-,11-,12-,13-,14-,15-,16+/m1/s1. The molecule has 1 saturated heterocycles. The molecule has 5 aliphatic rings. The Bertz CT molecular complexity index is 747. The normalized spacial score (nSPS) is 38.5. The highest BCUT2D eigenvalue weighted by Gasteiger charge is 2.67. The molecule has 6 nitrogen and oxygen atoms in total. The van der Waals surface area contributed by atoms with Crippen LogP contribution in [0.5, 0.6) is 0 Å². The summed E-state index contributed by atoms with van der Waals surface area (Å²) in [6, 6.07) is 2.72. The molecule has 2 bridgehead atoms. The number of furan rings is 1. The number of allylic oxidation sites excluding steroid dienone is 2. The molecule has 1 aromatic heterocycles. The van der Waals surface area contributed by atoms with Crippen LogP contribution < -0.4 is 5.32 Å². The Morgan fingerprint density at radius 2 is 1.88 bits per heavy atom. The molecule has 1 aliphatic heterocycles. The average molecular weight is 340 g/mol. The lowest BCUT2D eigenvalue weighted by Crippen LogP contribution is -2.48. The fourth-order valence-corrected chi connectivity index (χ4v) is 5.21. The predicted octanol–water partition coefficient (Wildman–Crippen LogP) is 1.34. The summed E-state index contributed by atoms with van der Waals surface area (Å²) in [5.74, 6) is 0.948. The lowest BCUT2D eigenvalue weighted by molar-refractivity contribution is -0.147. The molecule has 0 radical (unpaired) electrons. The lowest BCUT2D eigenvalue weighted by Gasteiger charge is -2.37. The summed E-state index contributed by atoms with van der Waals surface area (Å²) in [7, 11) is 0. The Balaban J connectivity index is 1.33. The van der Waals surface area contributed by atoms with Crippen molar-refractivity contribution in [2.24, 2.45) is 35.5 Å². The van der Waals surface area contributed by atoms with E-state index >= 15 is 0 Å². The Hall–Kier alpha value is -2.37. The van der Waals surface area contributed by atoms with Gasteiger partial charge in [0.05, 0.1) is 24.6 Å². The average Bonchev–Trinajstić information content (AvgIpc) is 3.21. The summed E-state index contributed by atoms with van der Waals surface area (Å²) >= 11 is 0. The molecule has 3 amide bonds. The molecule has 1 aromatic rings. The second-order valence-corrected chi connectivity index (χ2v) is 7.67. The largest absolute Gasteiger partial charge is 0.467 e. The van der Waals surface area contributed by atoms with Gasteiger partial charge in [0.25, 0.3) is 0 Å². The maximum atomic E-state index is 13.0. The molecule has 0 aromatic carbocycles. The van der Waals surface area contributed by atoms with Gasteiger partial charge in [-0.2, -0.15) is 0 Å². The predicted molar refractivity (Wildman–Crippen MR) is 86.6 cm³/mol. The van der Waals surface area contributed by atoms with E-state index in [1.54, 1.807) is 19.1 Å². The first-order chi connectivity index (χ1) is 12.1. The number of nitrogens with one attached hydrogen (secondary N) is 1. The molecule has 1 N–H and O–H groups in total. The summed E-state index contributed by atoms with van der Waals surface area (Å²) in [6.45, 7) is 1.87. The molecule has 0 unspecified atom stereocenters. The van der Waals surface area contributed by atoms with Gasteiger partial charge in [-0.1, -0.05) is 12.2 Å². The van der Waals surface area contributed by atoms with E-state index in [4.69, 9.17) is 4.42 Å². The van der Waals surface area contributed by atoms with Crippen LogP contribution in [0.15, 0.2) is 35.0 Å². The van der Waals surface area contributed by atoms with Gasteiger partial charge in [-0.15, -0.1) is 0 Å². The minimum atomic E-state index is -0.795. The number of amides is 3. The van der Waals surface area contributed by atoms with Crippen molar-refractivity contribution in [2.45, 2.75) is 25.9 Å². The second-order valence-electron chi connectivity index (χ2n) is 7.67. The van der Waals surface area contributed by atoms with Crippen molar-refractivity contribution in [1.82, 2.24) is 10.2 Å². The van der Waals surface area contributed by atoms with Crippen LogP contribution in [0.25, 0.3) is 0 Å². The number of rotatable bonds is 4. The van der Waals surface area contributed by atoms with Crippen molar-refractivity contribution in [2.75, 3.05) is 0 Å². The van der Waals surface area contributed by atoms with Crippen molar-refractivity contribution in [3.05, 3.63) is 36.3 Å². The van der Waals surface area contributed by atoms with Crippen LogP contribution in [0.2, 0.25) is 0 Å². The highest BCUT2D eigenvalue weighted by Crippen LogP contribution is 2.65. The van der Waals surface area contributed by atoms with Crippen LogP contribution in [0.4, 0.5) is 0 Å². The molecule has 3 fully saturated rings. The molecule has 2 saturated carbocycles. The van der Waals surface area contributed by atoms with E-state index in [1.807, 2.05) is 0 Å². The zero-order chi connectivity index (χ0) is 17.3. The van der Waals surface area contributed by atoms with Gasteiger partial charge in [0.2, 0.25) is 17.7 Å². The molecule has 130 valence electrons. The van der Waals surface area contributed by atoms with Gasteiger partial charge in [0.1, 0.15) is 11.8 Å². The van der Waals surface area contributed by atoms with E-state index in [-0.39, 0.29) is 47.9 Å². The van der Waals surface area contributed by atoms with E-state index in [0.29, 0.717) is 17.6 Å². The van der Waals surface area contributed by atoms with Gasteiger partial charge in [0.15, 0.2) is 0 Å². The number of carbonyl (C=O) groups excluding carboxylic acids is 3. The Kier molecular flexibility index (Phi) is 3.03. The fourth-order valence-electron chi connectivity index (χ4n) is 5.21. The monoisotopic (exact) mass is 340 g/mol. The molecule has 4 aliphatic carbocycles. The van der Waals surface area contributed by atoms with Crippen LogP contribution in [0, 0.1) is 35.5 Å². The van der Waals surface area contributed by atoms with Gasteiger partial charge >= 0.3 is 0 Å². The maximum Gasteiger partial charge on any atom is 0.243 e. The first kappa shape index (κ1) is 14.9. The van der Waals surface area contributed by atoms with Gasteiger partial charge in [0, 0.05) is 0 Å². The highest BCUT2D eigenvalue weighted by molar-refractivity contribution is 6.09. The highest BCUT2D eigenvalue weighted by atomic mass is 16.3. The quantitative estimate of drug-likeness (QED) is 0.663. The maximum absolute atomic E-state index is 13.0. The molecule has 6 heteroatoms. The van der Waals surface area contributed by atoms with Crippen LogP contribution in [0.3, 0.4) is 0 Å². The minimum Gasteiger partial charge on any atom is -0.467 e. The fraction of sp³-hybridized carbons (Fsp3) is 0.526. The first-order valence-corrected chi connectivity index (χ1v) is 8.93. The van der Waals surface area contributed by atoms with Crippen LogP contribution in [0.1, 0.15) is 19.1 Å². The molecular weight excluding hydrogens is 320 g/mol. The first-order valence-electron chi connectivity index (χ1n) is 8.93. The number of nitrogens with zero attached hydrogens (tertiary/aromatic N) is 1. The number of imide groups is 1. The number of hydrogen-bond acceptors (Lipinski definition) is 4. The number of hydrogen-bond donors (Lipinski definition) is 1. The van der Waals surface area contributed by atoms with Crippen molar-refractivity contribution in [3.63, 3.8) is 0 Å². The third kappa shape index (κ3) is 2.00. The SMILES string of the molecule is C[C@H](C(=O)NCc1ccco1)N1C(=O)[C@@H]2[C@@H]3C=C[C@H]([C@H]4C[C@H]34)[C@@H]2C1=O. The van der Waals surface area contributed by atoms with Gasteiger partial charge in [-0.3, -0.25) is 19.3 Å². The second kappa shape index (κ2) is 5.07. The molecule has 6 rings (SSSR count). The summed E-state index contributed by atoms with van der Waals surface area (Å²) in [5.41, 5.74) is 0. The zero-order valence-corrected chi connectivity index (χ0v) is 13.9. The summed E-state index contributed by atoms with van der Waals surface area (Å²) < 4.78 is 5.19. The molecule has 2 heterocycles. The Labute approximate surface area is 145 Å². The van der Waals surface area contributed by atoms with E-state index < -0.39 is 6.04 Å². The third-order valence-corrected chi connectivity index (χ3v) is 6.48. The summed E-state index contributed by atoms with van der Waals surface area (Å²) in [4.78, 5) is 39.6. The minimum absolute atomic E-state index is 0.166. The van der Waals surface area contributed by atoms with Crippen molar-refractivity contribution < 1.29 is 18.8 Å². The number of carbonyl (C=O) groups is 3. The van der Waals surface area contributed by atoms with E-state index in [0.717, 1.165) is 6.42 Å². The molecule has 25 heavy (non-hydrogen) atoms. The van der Waals surface area contributed by atoms with Gasteiger partial charge < -0.3 is 9.73 Å². The van der Waals surface area contributed by atoms with Crippen molar-refractivity contribution in [1.29, 1.82) is 0 Å². The molecule has 7 atom stereocenters. The van der Waals surface area contributed by atoms with E-state index in [2.05, 4.69) is 17.5 Å². The summed E-state index contributed by atoms with van der Waals surface area (Å²) in [6.07, 6.45) is 6.94. The van der Waals surface area contributed by atoms with Gasteiger partial charge in [-0.05, 0) is 49.1 Å². The molecular formula is C19H20N2O4. The number of likely N-dealkylation sites (tertiary alicyclic amines) is 1. The summed E-state index contributed by atoms with van der Waals surface area (Å²) in [5, 5.41) is 2.75. The van der Waals surface area contributed by atoms with E-state index in [9.17, 15) is 14.4 Å². The van der Waals surface area contributed by atoms with Gasteiger partial charge in [-0.25, -0.2) is 0 Å². The zero-order valence-electron chi connectivity index (χ0n) is 13.9. The molecule has 0 spiro atoms. The Morgan fingerprint density at radius 1 is 1.24 bits per heavy atom. The van der Waals surface area contributed by atoms with Crippen molar-refractivity contribution >= 4 is 17.7 Å². The van der Waals surface area contributed by atoms with Crippen molar-refractivity contribution in [3.8, 4) is 0 Å². The lowest BCUT2D eigenvalue weighted by atomic mass is 9.63. The van der Waals surface area contributed by atoms with E-state index in [1.165, 1.54) is 11.2 Å². The topological polar surface area (TPSA) is 79.6 Å².